The standard InChI is InChI=1S/C12H20BrNO5.BrH/c1-6-10(18-7(2)15)9(14(4)5)11(12(13)17-6)19-8(3)16;/h6,9-12H,1-5H3;1H/t6-,9-,10-,11+,12+;/m0./s1. The van der Waals surface area contributed by atoms with Gasteiger partial charge in [0.05, 0.1) is 12.1 Å². The van der Waals surface area contributed by atoms with Crippen LogP contribution in [0, 0.1) is 0 Å². The van der Waals surface area contributed by atoms with E-state index in [0.29, 0.717) is 0 Å². The van der Waals surface area contributed by atoms with Crippen LogP contribution in [0.15, 0.2) is 0 Å². The number of halogens is 2. The van der Waals surface area contributed by atoms with Crippen molar-refractivity contribution >= 4 is 44.9 Å². The SMILES string of the molecule is Br.CC(=O)O[C@@H]1[C@H](N(C)C)[C@@H](OC(C)=O)[C@H](Br)O[C@H]1C. The fourth-order valence-corrected chi connectivity index (χ4v) is 3.00. The molecule has 0 aliphatic carbocycles. The van der Waals surface area contributed by atoms with Gasteiger partial charge in [-0.15, -0.1) is 17.0 Å². The van der Waals surface area contributed by atoms with Crippen molar-refractivity contribution in [2.75, 3.05) is 14.1 Å². The quantitative estimate of drug-likeness (QED) is 0.511. The molecule has 0 radical (unpaired) electrons. The highest BCUT2D eigenvalue weighted by Crippen LogP contribution is 2.31. The molecular weight excluding hydrogens is 398 g/mol. The number of nitrogens with zero attached hydrogens (tertiary/aromatic N) is 1. The third-order valence-electron chi connectivity index (χ3n) is 2.94. The molecule has 0 N–H and O–H groups in total. The van der Waals surface area contributed by atoms with Gasteiger partial charge in [0.15, 0.2) is 11.1 Å². The summed E-state index contributed by atoms with van der Waals surface area (Å²) in [6, 6.07) is -0.277. The largest absolute Gasteiger partial charge is 0.458 e. The van der Waals surface area contributed by atoms with E-state index in [-0.39, 0.29) is 35.1 Å². The molecule has 0 aromatic rings. The fraction of sp³-hybridized carbons (Fsp3) is 0.833. The summed E-state index contributed by atoms with van der Waals surface area (Å²) in [5.74, 6) is -0.789. The topological polar surface area (TPSA) is 65.1 Å². The maximum atomic E-state index is 11.2. The monoisotopic (exact) mass is 417 g/mol. The number of carbonyl (C=O) groups is 2. The average Bonchev–Trinajstić information content (AvgIpc) is 2.23. The van der Waals surface area contributed by atoms with Crippen molar-refractivity contribution in [1.82, 2.24) is 4.90 Å². The molecule has 1 saturated heterocycles. The number of likely N-dealkylation sites (N-methyl/N-ethyl adjacent to an activating group) is 1. The zero-order valence-corrected chi connectivity index (χ0v) is 15.5. The third kappa shape index (κ3) is 4.98. The Morgan fingerprint density at radius 1 is 1.10 bits per heavy atom. The van der Waals surface area contributed by atoms with Gasteiger partial charge in [0.1, 0.15) is 6.10 Å². The minimum absolute atomic E-state index is 0. The van der Waals surface area contributed by atoms with Crippen molar-refractivity contribution in [3.63, 3.8) is 0 Å². The van der Waals surface area contributed by atoms with Gasteiger partial charge in [-0.2, -0.15) is 0 Å². The Labute approximate surface area is 138 Å². The van der Waals surface area contributed by atoms with E-state index in [9.17, 15) is 9.59 Å². The maximum Gasteiger partial charge on any atom is 0.303 e. The summed E-state index contributed by atoms with van der Waals surface area (Å²) in [6.07, 6.45) is -1.34. The first-order chi connectivity index (χ1) is 8.73. The number of rotatable bonds is 3. The van der Waals surface area contributed by atoms with Crippen LogP contribution in [0.3, 0.4) is 0 Å². The van der Waals surface area contributed by atoms with E-state index in [1.165, 1.54) is 13.8 Å². The summed E-state index contributed by atoms with van der Waals surface area (Å²) in [5, 5.41) is -0.439. The summed E-state index contributed by atoms with van der Waals surface area (Å²) >= 11 is 3.36. The van der Waals surface area contributed by atoms with Crippen LogP contribution in [0.5, 0.6) is 0 Å². The van der Waals surface area contributed by atoms with E-state index < -0.39 is 23.2 Å². The average molecular weight is 419 g/mol. The van der Waals surface area contributed by atoms with Gasteiger partial charge in [0, 0.05) is 13.8 Å². The Balaban J connectivity index is 0.00000361. The highest BCUT2D eigenvalue weighted by Gasteiger charge is 2.48. The van der Waals surface area contributed by atoms with Crippen LogP contribution < -0.4 is 0 Å². The summed E-state index contributed by atoms with van der Waals surface area (Å²) in [7, 11) is 3.69. The lowest BCUT2D eigenvalue weighted by atomic mass is 9.96. The van der Waals surface area contributed by atoms with Crippen molar-refractivity contribution in [1.29, 1.82) is 0 Å². The van der Waals surface area contributed by atoms with Gasteiger partial charge >= 0.3 is 11.9 Å². The molecule has 1 aliphatic rings. The molecule has 0 unspecified atom stereocenters. The molecule has 5 atom stereocenters. The van der Waals surface area contributed by atoms with Gasteiger partial charge in [0.2, 0.25) is 0 Å². The number of ether oxygens (including phenoxy) is 3. The maximum absolute atomic E-state index is 11.2. The Morgan fingerprint density at radius 2 is 1.55 bits per heavy atom. The van der Waals surface area contributed by atoms with Crippen LogP contribution >= 0.6 is 32.9 Å². The second-order valence-electron chi connectivity index (χ2n) is 4.79. The predicted molar refractivity (Wildman–Crippen MR) is 82.2 cm³/mol. The lowest BCUT2D eigenvalue weighted by molar-refractivity contribution is -0.203. The van der Waals surface area contributed by atoms with Crippen LogP contribution in [0.1, 0.15) is 20.8 Å². The highest BCUT2D eigenvalue weighted by molar-refractivity contribution is 9.09. The first-order valence-electron chi connectivity index (χ1n) is 6.04. The molecule has 0 aromatic carbocycles. The van der Waals surface area contributed by atoms with E-state index in [0.717, 1.165) is 0 Å². The summed E-state index contributed by atoms with van der Waals surface area (Å²) in [4.78, 5) is 24.3. The summed E-state index contributed by atoms with van der Waals surface area (Å²) in [6.45, 7) is 4.51. The number of hydrogen-bond acceptors (Lipinski definition) is 6. The number of hydrogen-bond donors (Lipinski definition) is 0. The second-order valence-corrected chi connectivity index (χ2v) is 5.70. The molecule has 1 heterocycles. The first kappa shape index (κ1) is 19.8. The van der Waals surface area contributed by atoms with E-state index in [4.69, 9.17) is 14.2 Å². The normalized spacial score (nSPS) is 33.2. The third-order valence-corrected chi connectivity index (χ3v) is 3.68. The van der Waals surface area contributed by atoms with Crippen molar-refractivity contribution < 1.29 is 23.8 Å². The lowest BCUT2D eigenvalue weighted by Gasteiger charge is -2.45. The molecule has 1 fully saturated rings. The van der Waals surface area contributed by atoms with E-state index in [1.807, 2.05) is 25.9 Å². The smallest absolute Gasteiger partial charge is 0.303 e. The minimum Gasteiger partial charge on any atom is -0.458 e. The highest BCUT2D eigenvalue weighted by atomic mass is 79.9. The molecule has 0 amide bonds. The van der Waals surface area contributed by atoms with Crippen LogP contribution in [-0.2, 0) is 23.8 Å². The molecular formula is C12H21Br2NO5. The molecule has 0 bridgehead atoms. The molecule has 0 saturated carbocycles. The van der Waals surface area contributed by atoms with E-state index in [1.54, 1.807) is 0 Å². The molecule has 1 rings (SSSR count). The lowest BCUT2D eigenvalue weighted by Crippen LogP contribution is -2.62. The van der Waals surface area contributed by atoms with Gasteiger partial charge in [-0.25, -0.2) is 0 Å². The Bertz CT molecular complexity index is 325. The Kier molecular flexibility index (Phi) is 8.23. The fourth-order valence-electron chi connectivity index (χ4n) is 2.24. The number of carbonyl (C=O) groups excluding carboxylic acids is 2. The van der Waals surface area contributed by atoms with Gasteiger partial charge in [-0.1, -0.05) is 15.9 Å². The minimum atomic E-state index is -0.548. The van der Waals surface area contributed by atoms with E-state index in [2.05, 4.69) is 15.9 Å². The predicted octanol–water partition coefficient (Wildman–Crippen LogP) is 1.50. The van der Waals surface area contributed by atoms with Gasteiger partial charge in [-0.3, -0.25) is 14.5 Å². The van der Waals surface area contributed by atoms with Gasteiger partial charge in [-0.05, 0) is 21.0 Å². The van der Waals surface area contributed by atoms with Crippen molar-refractivity contribution in [2.24, 2.45) is 0 Å². The molecule has 6 nitrogen and oxygen atoms in total. The zero-order chi connectivity index (χ0) is 14.7. The van der Waals surface area contributed by atoms with Gasteiger partial charge in [0.25, 0.3) is 0 Å². The molecule has 8 heteroatoms. The Hall–Kier alpha value is -0.180. The van der Waals surface area contributed by atoms with Crippen molar-refractivity contribution in [3.05, 3.63) is 0 Å². The summed E-state index contributed by atoms with van der Waals surface area (Å²) in [5.41, 5.74) is 0. The number of alkyl halides is 1. The van der Waals surface area contributed by atoms with Crippen LogP contribution in [0.2, 0.25) is 0 Å². The molecule has 118 valence electrons. The molecule has 0 spiro atoms. The molecule has 20 heavy (non-hydrogen) atoms. The first-order valence-corrected chi connectivity index (χ1v) is 6.96. The molecule has 0 aromatic heterocycles. The van der Waals surface area contributed by atoms with Crippen molar-refractivity contribution in [3.8, 4) is 0 Å². The van der Waals surface area contributed by atoms with Gasteiger partial charge < -0.3 is 14.2 Å². The van der Waals surface area contributed by atoms with E-state index >= 15 is 0 Å². The van der Waals surface area contributed by atoms with Crippen molar-refractivity contribution in [2.45, 2.75) is 50.1 Å². The summed E-state index contributed by atoms with van der Waals surface area (Å²) < 4.78 is 16.2. The molecule has 1 aliphatic heterocycles. The van der Waals surface area contributed by atoms with Crippen LogP contribution in [0.4, 0.5) is 0 Å². The Morgan fingerprint density at radius 3 is 1.95 bits per heavy atom. The van der Waals surface area contributed by atoms with Crippen LogP contribution in [0.25, 0.3) is 0 Å². The van der Waals surface area contributed by atoms with Crippen LogP contribution in [-0.4, -0.2) is 60.3 Å². The number of esters is 2. The zero-order valence-electron chi connectivity index (χ0n) is 12.2. The second kappa shape index (κ2) is 8.31.